The maximum atomic E-state index is 13.1. The van der Waals surface area contributed by atoms with Crippen LogP contribution in [0, 0.1) is 5.82 Å². The van der Waals surface area contributed by atoms with E-state index in [0.717, 1.165) is 45.4 Å². The van der Waals surface area contributed by atoms with Gasteiger partial charge >= 0.3 is 0 Å². The van der Waals surface area contributed by atoms with E-state index in [-0.39, 0.29) is 17.8 Å². The Labute approximate surface area is 160 Å². The molecule has 1 fully saturated rings. The highest BCUT2D eigenvalue weighted by atomic mass is 19.1. The molecule has 1 aliphatic carbocycles. The van der Waals surface area contributed by atoms with Gasteiger partial charge in [0.2, 0.25) is 0 Å². The van der Waals surface area contributed by atoms with Crippen molar-refractivity contribution in [2.24, 2.45) is 0 Å². The first-order valence-corrected chi connectivity index (χ1v) is 9.71. The fourth-order valence-corrected chi connectivity index (χ4v) is 4.11. The van der Waals surface area contributed by atoms with Gasteiger partial charge in [0.05, 0.1) is 0 Å². The molecule has 1 atom stereocenters. The lowest BCUT2D eigenvalue weighted by Crippen LogP contribution is -2.45. The van der Waals surface area contributed by atoms with E-state index in [4.69, 9.17) is 0 Å². The van der Waals surface area contributed by atoms with E-state index in [1.54, 1.807) is 0 Å². The Morgan fingerprint density at radius 3 is 2.56 bits per heavy atom. The minimum Gasteiger partial charge on any atom is -0.369 e. The van der Waals surface area contributed by atoms with Crippen molar-refractivity contribution in [2.75, 3.05) is 38.1 Å². The minimum atomic E-state index is -0.324. The zero-order valence-corrected chi connectivity index (χ0v) is 15.7. The maximum absolute atomic E-state index is 13.1. The number of amides is 1. The molecule has 2 aromatic carbocycles. The maximum Gasteiger partial charge on any atom is 0.251 e. The van der Waals surface area contributed by atoms with Crippen molar-refractivity contribution in [3.8, 4) is 0 Å². The number of benzene rings is 2. The highest BCUT2D eigenvalue weighted by Gasteiger charge is 2.25. The fraction of sp³-hybridized carbons (Fsp3) is 0.409. The summed E-state index contributed by atoms with van der Waals surface area (Å²) in [5, 5.41) is 3.14. The standard InChI is InChI=1S/C22H26FN3O/c1-25-11-13-26(14-12-25)21-4-2-3-16-7-10-19(15-20(16)21)24-22(27)17-5-8-18(23)9-6-17/h2-6,8-9,19H,7,10-15H2,1H3,(H,24,27)/t19-/m1/s1. The van der Waals surface area contributed by atoms with Crippen LogP contribution in [0.2, 0.25) is 0 Å². The number of fused-ring (bicyclic) bond motifs is 1. The largest absolute Gasteiger partial charge is 0.369 e. The molecule has 1 amide bonds. The summed E-state index contributed by atoms with van der Waals surface area (Å²) in [6, 6.07) is 12.4. The number of halogens is 1. The first-order chi connectivity index (χ1) is 13.1. The summed E-state index contributed by atoms with van der Waals surface area (Å²) < 4.78 is 13.1. The predicted molar refractivity (Wildman–Crippen MR) is 106 cm³/mol. The lowest BCUT2D eigenvalue weighted by Gasteiger charge is -2.37. The Kier molecular flexibility index (Phi) is 5.12. The van der Waals surface area contributed by atoms with Crippen molar-refractivity contribution in [1.29, 1.82) is 0 Å². The lowest BCUT2D eigenvalue weighted by atomic mass is 9.86. The number of hydrogen-bond donors (Lipinski definition) is 1. The van der Waals surface area contributed by atoms with Crippen molar-refractivity contribution in [1.82, 2.24) is 10.2 Å². The molecule has 142 valence electrons. The molecule has 5 heteroatoms. The van der Waals surface area contributed by atoms with Crippen LogP contribution < -0.4 is 10.2 Å². The van der Waals surface area contributed by atoms with Crippen molar-refractivity contribution >= 4 is 11.6 Å². The SMILES string of the molecule is CN1CCN(c2cccc3c2C[C@H](NC(=O)c2ccc(F)cc2)CC3)CC1. The number of likely N-dealkylation sites (N-methyl/N-ethyl adjacent to an activating group) is 1. The zero-order chi connectivity index (χ0) is 18.8. The number of anilines is 1. The molecule has 4 nitrogen and oxygen atoms in total. The van der Waals surface area contributed by atoms with E-state index in [1.165, 1.54) is 41.1 Å². The van der Waals surface area contributed by atoms with E-state index in [2.05, 4.69) is 40.4 Å². The average Bonchev–Trinajstić information content (AvgIpc) is 2.69. The number of piperazine rings is 1. The summed E-state index contributed by atoms with van der Waals surface area (Å²) in [6.07, 6.45) is 2.77. The van der Waals surface area contributed by atoms with Gasteiger partial charge in [-0.15, -0.1) is 0 Å². The Morgan fingerprint density at radius 1 is 1.07 bits per heavy atom. The lowest BCUT2D eigenvalue weighted by molar-refractivity contribution is 0.0933. The molecule has 4 rings (SSSR count). The van der Waals surface area contributed by atoms with Crippen LogP contribution in [0.4, 0.5) is 10.1 Å². The van der Waals surface area contributed by atoms with E-state index in [1.807, 2.05) is 0 Å². The number of rotatable bonds is 3. The van der Waals surface area contributed by atoms with E-state index < -0.39 is 0 Å². The van der Waals surface area contributed by atoms with E-state index in [0.29, 0.717) is 5.56 Å². The molecular weight excluding hydrogens is 341 g/mol. The highest BCUT2D eigenvalue weighted by Crippen LogP contribution is 2.31. The second-order valence-electron chi connectivity index (χ2n) is 7.63. The van der Waals surface area contributed by atoms with Crippen LogP contribution in [0.1, 0.15) is 27.9 Å². The summed E-state index contributed by atoms with van der Waals surface area (Å²) in [5.74, 6) is -0.449. The normalized spacial score (nSPS) is 20.2. The van der Waals surface area contributed by atoms with Gasteiger partial charge in [-0.05, 0) is 67.8 Å². The molecule has 0 saturated carbocycles. The second-order valence-corrected chi connectivity index (χ2v) is 7.63. The molecule has 0 spiro atoms. The highest BCUT2D eigenvalue weighted by molar-refractivity contribution is 5.94. The number of carbonyl (C=O) groups is 1. The van der Waals surface area contributed by atoms with Gasteiger partial charge in [0.1, 0.15) is 5.82 Å². The third-order valence-electron chi connectivity index (χ3n) is 5.75. The van der Waals surface area contributed by atoms with Gasteiger partial charge < -0.3 is 15.1 Å². The average molecular weight is 367 g/mol. The number of nitrogens with zero attached hydrogens (tertiary/aromatic N) is 2. The van der Waals surface area contributed by atoms with Crippen LogP contribution in [0.3, 0.4) is 0 Å². The van der Waals surface area contributed by atoms with Crippen molar-refractivity contribution in [3.63, 3.8) is 0 Å². The molecule has 1 N–H and O–H groups in total. The number of nitrogens with one attached hydrogen (secondary N) is 1. The zero-order valence-electron chi connectivity index (χ0n) is 15.7. The molecule has 1 heterocycles. The monoisotopic (exact) mass is 367 g/mol. The molecule has 0 radical (unpaired) electrons. The quantitative estimate of drug-likeness (QED) is 0.906. The van der Waals surface area contributed by atoms with Crippen molar-refractivity contribution < 1.29 is 9.18 Å². The molecular formula is C22H26FN3O. The summed E-state index contributed by atoms with van der Waals surface area (Å²) >= 11 is 0. The predicted octanol–water partition coefficient (Wildman–Crippen LogP) is 2.86. The Hall–Kier alpha value is -2.40. The van der Waals surface area contributed by atoms with Crippen LogP contribution in [0.15, 0.2) is 42.5 Å². The van der Waals surface area contributed by atoms with Crippen LogP contribution in [0.25, 0.3) is 0 Å². The van der Waals surface area contributed by atoms with Gasteiger partial charge in [-0.25, -0.2) is 4.39 Å². The molecule has 0 unspecified atom stereocenters. The van der Waals surface area contributed by atoms with Gasteiger partial charge in [-0.2, -0.15) is 0 Å². The number of hydrogen-bond acceptors (Lipinski definition) is 3. The fourth-order valence-electron chi connectivity index (χ4n) is 4.11. The van der Waals surface area contributed by atoms with Gasteiger partial charge in [-0.3, -0.25) is 4.79 Å². The summed E-state index contributed by atoms with van der Waals surface area (Å²) in [7, 11) is 2.17. The van der Waals surface area contributed by atoms with Crippen LogP contribution in [-0.4, -0.2) is 50.1 Å². The number of carbonyl (C=O) groups excluding carboxylic acids is 1. The van der Waals surface area contributed by atoms with Crippen LogP contribution >= 0.6 is 0 Å². The second kappa shape index (κ2) is 7.69. The summed E-state index contributed by atoms with van der Waals surface area (Å²) in [5.41, 5.74) is 4.60. The first-order valence-electron chi connectivity index (χ1n) is 9.71. The van der Waals surface area contributed by atoms with E-state index in [9.17, 15) is 9.18 Å². The molecule has 0 aromatic heterocycles. The first kappa shape index (κ1) is 18.0. The third kappa shape index (κ3) is 3.98. The smallest absolute Gasteiger partial charge is 0.251 e. The molecule has 2 aromatic rings. The van der Waals surface area contributed by atoms with E-state index >= 15 is 0 Å². The van der Waals surface area contributed by atoms with Crippen molar-refractivity contribution in [3.05, 3.63) is 65.0 Å². The van der Waals surface area contributed by atoms with Gasteiger partial charge in [0.15, 0.2) is 0 Å². The minimum absolute atomic E-state index is 0.115. The Balaban J connectivity index is 1.49. The topological polar surface area (TPSA) is 35.6 Å². The number of aryl methyl sites for hydroxylation is 1. The molecule has 27 heavy (non-hydrogen) atoms. The summed E-state index contributed by atoms with van der Waals surface area (Å²) in [6.45, 7) is 4.24. The summed E-state index contributed by atoms with van der Waals surface area (Å²) in [4.78, 5) is 17.3. The molecule has 1 saturated heterocycles. The molecule has 2 aliphatic rings. The van der Waals surface area contributed by atoms with Gasteiger partial charge in [0, 0.05) is 43.5 Å². The van der Waals surface area contributed by atoms with Crippen molar-refractivity contribution in [2.45, 2.75) is 25.3 Å². The third-order valence-corrected chi connectivity index (χ3v) is 5.75. The Bertz CT molecular complexity index is 813. The van der Waals surface area contributed by atoms with Crippen LogP contribution in [0.5, 0.6) is 0 Å². The van der Waals surface area contributed by atoms with Crippen LogP contribution in [-0.2, 0) is 12.8 Å². The molecule has 0 bridgehead atoms. The molecule has 1 aliphatic heterocycles. The Morgan fingerprint density at radius 2 is 1.81 bits per heavy atom. The van der Waals surface area contributed by atoms with Gasteiger partial charge in [0.25, 0.3) is 5.91 Å². The van der Waals surface area contributed by atoms with Gasteiger partial charge in [-0.1, -0.05) is 12.1 Å².